The molecule has 0 aliphatic carbocycles. The first-order valence-corrected chi connectivity index (χ1v) is 7.15. The Morgan fingerprint density at radius 3 is 2.80 bits per heavy atom. The largest absolute Gasteiger partial charge is 0.480 e. The van der Waals surface area contributed by atoms with Crippen LogP contribution < -0.4 is 0 Å². The number of rotatable bonds is 3. The van der Waals surface area contributed by atoms with Crippen LogP contribution in [0, 0.1) is 13.8 Å². The fourth-order valence-corrected chi connectivity index (χ4v) is 3.07. The van der Waals surface area contributed by atoms with Crippen molar-refractivity contribution in [2.75, 3.05) is 6.54 Å². The summed E-state index contributed by atoms with van der Waals surface area (Å²) in [6.07, 6.45) is 1.77. The number of nitrogens with zero attached hydrogens (tertiary/aromatic N) is 1. The Bertz CT molecular complexity index is 637. The molecule has 1 aromatic carbocycles. The van der Waals surface area contributed by atoms with Gasteiger partial charge in [-0.2, -0.15) is 0 Å². The quantitative estimate of drug-likeness (QED) is 0.687. The molecule has 1 fully saturated rings. The molecular formula is C14H13NO3S2. The Balaban J connectivity index is 2.32. The van der Waals surface area contributed by atoms with Gasteiger partial charge in [-0.1, -0.05) is 47.7 Å². The summed E-state index contributed by atoms with van der Waals surface area (Å²) >= 11 is 6.19. The van der Waals surface area contributed by atoms with Crippen LogP contribution in [0.15, 0.2) is 23.1 Å². The molecule has 1 N–H and O–H groups in total. The first-order chi connectivity index (χ1) is 9.38. The number of amides is 1. The number of aryl methyl sites for hydroxylation is 2. The average Bonchev–Trinajstić information content (AvgIpc) is 2.61. The zero-order valence-corrected chi connectivity index (χ0v) is 12.7. The van der Waals surface area contributed by atoms with Gasteiger partial charge in [0.25, 0.3) is 5.91 Å². The van der Waals surface area contributed by atoms with Crippen molar-refractivity contribution < 1.29 is 14.7 Å². The minimum atomic E-state index is -1.07. The van der Waals surface area contributed by atoms with Crippen LogP contribution in [0.3, 0.4) is 0 Å². The van der Waals surface area contributed by atoms with Crippen LogP contribution in [0.2, 0.25) is 0 Å². The van der Waals surface area contributed by atoms with E-state index < -0.39 is 12.5 Å². The predicted molar refractivity (Wildman–Crippen MR) is 83.4 cm³/mol. The van der Waals surface area contributed by atoms with Gasteiger partial charge < -0.3 is 5.11 Å². The highest BCUT2D eigenvalue weighted by Crippen LogP contribution is 2.32. The minimum absolute atomic E-state index is 0.286. The van der Waals surface area contributed by atoms with Gasteiger partial charge >= 0.3 is 5.97 Å². The fourth-order valence-electron chi connectivity index (χ4n) is 1.83. The average molecular weight is 307 g/mol. The Morgan fingerprint density at radius 1 is 1.45 bits per heavy atom. The van der Waals surface area contributed by atoms with Crippen LogP contribution in [0.4, 0.5) is 0 Å². The molecule has 104 valence electrons. The van der Waals surface area contributed by atoms with Crippen LogP contribution in [0.25, 0.3) is 6.08 Å². The fraction of sp³-hybridized carbons (Fsp3) is 0.214. The molecule has 1 aliphatic rings. The van der Waals surface area contributed by atoms with Gasteiger partial charge in [0.15, 0.2) is 0 Å². The Kier molecular flexibility index (Phi) is 4.25. The van der Waals surface area contributed by atoms with Crippen LogP contribution in [0.1, 0.15) is 16.7 Å². The van der Waals surface area contributed by atoms with Crippen molar-refractivity contribution in [2.45, 2.75) is 13.8 Å². The zero-order chi connectivity index (χ0) is 14.9. The van der Waals surface area contributed by atoms with Crippen molar-refractivity contribution in [3.05, 3.63) is 39.8 Å². The van der Waals surface area contributed by atoms with Gasteiger partial charge in [-0.3, -0.25) is 14.5 Å². The second kappa shape index (κ2) is 5.76. The van der Waals surface area contributed by atoms with E-state index in [1.54, 1.807) is 6.08 Å². The molecule has 0 atom stereocenters. The molecular weight excluding hydrogens is 294 g/mol. The molecule has 0 aromatic heterocycles. The normalized spacial score (nSPS) is 17.1. The SMILES string of the molecule is Cc1ccc(C)c(/C=C2/SC(=S)N(CC(=O)O)C2=O)c1. The standard InChI is InChI=1S/C14H13NO3S2/c1-8-3-4-9(2)10(5-8)6-11-13(18)15(7-12(16)17)14(19)20-11/h3-6H,7H2,1-2H3,(H,16,17)/b11-6+. The van der Waals surface area contributed by atoms with Crippen LogP contribution in [-0.2, 0) is 9.59 Å². The molecule has 1 amide bonds. The number of carbonyl (C=O) groups excluding carboxylic acids is 1. The van der Waals surface area contributed by atoms with E-state index in [0.717, 1.165) is 33.4 Å². The summed E-state index contributed by atoms with van der Waals surface area (Å²) < 4.78 is 0.286. The molecule has 1 heterocycles. The van der Waals surface area contributed by atoms with E-state index in [1.165, 1.54) is 0 Å². The highest BCUT2D eigenvalue weighted by molar-refractivity contribution is 8.26. The van der Waals surface area contributed by atoms with Gasteiger partial charge in [-0.15, -0.1) is 0 Å². The van der Waals surface area contributed by atoms with Crippen molar-refractivity contribution in [2.24, 2.45) is 0 Å². The summed E-state index contributed by atoms with van der Waals surface area (Å²) in [6.45, 7) is 3.55. The molecule has 0 saturated carbocycles. The van der Waals surface area contributed by atoms with Crippen LogP contribution in [-0.4, -0.2) is 32.7 Å². The lowest BCUT2D eigenvalue weighted by atomic mass is 10.1. The number of benzene rings is 1. The smallest absolute Gasteiger partial charge is 0.323 e. The molecule has 0 unspecified atom stereocenters. The van der Waals surface area contributed by atoms with Gasteiger partial charge in [0.05, 0.1) is 4.91 Å². The number of carboxylic acid groups (broad SMARTS) is 1. The molecule has 0 bridgehead atoms. The van der Waals surface area contributed by atoms with E-state index >= 15 is 0 Å². The first-order valence-electron chi connectivity index (χ1n) is 5.93. The number of thioether (sulfide) groups is 1. The summed E-state index contributed by atoms with van der Waals surface area (Å²) in [7, 11) is 0. The Morgan fingerprint density at radius 2 is 2.15 bits per heavy atom. The molecule has 2 rings (SSSR count). The van der Waals surface area contributed by atoms with E-state index in [4.69, 9.17) is 17.3 Å². The third kappa shape index (κ3) is 3.08. The van der Waals surface area contributed by atoms with Crippen molar-refractivity contribution in [3.63, 3.8) is 0 Å². The summed E-state index contributed by atoms with van der Waals surface area (Å²) in [5.41, 5.74) is 3.10. The Hall–Kier alpha value is -1.66. The monoisotopic (exact) mass is 307 g/mol. The summed E-state index contributed by atoms with van der Waals surface area (Å²) in [6, 6.07) is 5.97. The highest BCUT2D eigenvalue weighted by atomic mass is 32.2. The van der Waals surface area contributed by atoms with Gasteiger partial charge in [0.2, 0.25) is 0 Å². The number of aliphatic carboxylic acids is 1. The summed E-state index contributed by atoms with van der Waals surface area (Å²) in [4.78, 5) is 24.4. The predicted octanol–water partition coefficient (Wildman–Crippen LogP) is 2.59. The topological polar surface area (TPSA) is 57.6 Å². The van der Waals surface area contributed by atoms with Crippen molar-refractivity contribution in [3.8, 4) is 0 Å². The lowest BCUT2D eigenvalue weighted by Gasteiger charge is -2.10. The highest BCUT2D eigenvalue weighted by Gasteiger charge is 2.33. The van der Waals surface area contributed by atoms with Crippen LogP contribution in [0.5, 0.6) is 0 Å². The molecule has 1 aromatic rings. The molecule has 0 radical (unpaired) electrons. The van der Waals surface area contributed by atoms with Crippen molar-refractivity contribution in [1.29, 1.82) is 0 Å². The molecule has 1 aliphatic heterocycles. The van der Waals surface area contributed by atoms with Gasteiger partial charge in [0, 0.05) is 0 Å². The lowest BCUT2D eigenvalue weighted by Crippen LogP contribution is -2.33. The van der Waals surface area contributed by atoms with Crippen LogP contribution >= 0.6 is 24.0 Å². The van der Waals surface area contributed by atoms with Crippen molar-refractivity contribution >= 4 is 46.3 Å². The molecule has 20 heavy (non-hydrogen) atoms. The Labute approximate surface area is 126 Å². The van der Waals surface area contributed by atoms with Gasteiger partial charge in [0.1, 0.15) is 10.9 Å². The maximum atomic E-state index is 12.1. The maximum absolute atomic E-state index is 12.1. The van der Waals surface area contributed by atoms with Crippen molar-refractivity contribution in [1.82, 2.24) is 4.90 Å². The number of hydrogen-bond donors (Lipinski definition) is 1. The third-order valence-electron chi connectivity index (χ3n) is 2.89. The van der Waals surface area contributed by atoms with E-state index in [1.807, 2.05) is 32.0 Å². The van der Waals surface area contributed by atoms with E-state index in [2.05, 4.69) is 0 Å². The van der Waals surface area contributed by atoms with Gasteiger partial charge in [-0.25, -0.2) is 0 Å². The van der Waals surface area contributed by atoms with E-state index in [-0.39, 0.29) is 10.2 Å². The number of hydrogen-bond acceptors (Lipinski definition) is 4. The minimum Gasteiger partial charge on any atom is -0.480 e. The van der Waals surface area contributed by atoms with E-state index in [9.17, 15) is 9.59 Å². The molecule has 1 saturated heterocycles. The summed E-state index contributed by atoms with van der Waals surface area (Å²) in [5, 5.41) is 8.78. The number of carboxylic acids is 1. The number of thiocarbonyl (C=S) groups is 1. The van der Waals surface area contributed by atoms with E-state index in [0.29, 0.717) is 4.91 Å². The second-order valence-corrected chi connectivity index (χ2v) is 6.20. The second-order valence-electron chi connectivity index (χ2n) is 4.52. The first kappa shape index (κ1) is 14.7. The molecule has 0 spiro atoms. The number of carbonyl (C=O) groups is 2. The summed E-state index contributed by atoms with van der Waals surface area (Å²) in [5.74, 6) is -1.42. The zero-order valence-electron chi connectivity index (χ0n) is 11.0. The third-order valence-corrected chi connectivity index (χ3v) is 4.27. The van der Waals surface area contributed by atoms with Gasteiger partial charge in [-0.05, 0) is 31.1 Å². The molecule has 6 heteroatoms. The molecule has 4 nitrogen and oxygen atoms in total. The maximum Gasteiger partial charge on any atom is 0.323 e. The lowest BCUT2D eigenvalue weighted by molar-refractivity contribution is -0.140.